The van der Waals surface area contributed by atoms with Gasteiger partial charge in [-0.25, -0.2) is 15.0 Å². The van der Waals surface area contributed by atoms with Gasteiger partial charge in [-0.2, -0.15) is 0 Å². The molecule has 0 saturated heterocycles. The standard InChI is InChI=1S/C25H20N4OS3/c1-15-8-10-17(11-9-15)19-12-31-23-21(19)24(27-14-26-23)33-16(2)22(30)29-25-28-20(13-32-25)18-6-4-3-5-7-18/h3-14,16H,1-2H3,(H,28,29,30). The number of fused-ring (bicyclic) bond motifs is 1. The van der Waals surface area contributed by atoms with Crippen LogP contribution in [0.1, 0.15) is 12.5 Å². The molecule has 0 aliphatic heterocycles. The first-order chi connectivity index (χ1) is 16.1. The molecule has 1 unspecified atom stereocenters. The normalized spacial score (nSPS) is 12.1. The number of nitrogens with one attached hydrogen (secondary N) is 1. The van der Waals surface area contributed by atoms with Crippen LogP contribution in [-0.2, 0) is 4.79 Å². The van der Waals surface area contributed by atoms with Gasteiger partial charge in [0, 0.05) is 21.9 Å². The van der Waals surface area contributed by atoms with E-state index in [2.05, 4.69) is 56.8 Å². The van der Waals surface area contributed by atoms with Crippen molar-refractivity contribution in [2.45, 2.75) is 24.1 Å². The highest BCUT2D eigenvalue weighted by atomic mass is 32.2. The van der Waals surface area contributed by atoms with Crippen LogP contribution in [0.15, 0.2) is 76.7 Å². The number of nitrogens with zero attached hydrogens (tertiary/aromatic N) is 3. The minimum absolute atomic E-state index is 0.104. The van der Waals surface area contributed by atoms with E-state index in [1.807, 2.05) is 42.6 Å². The highest BCUT2D eigenvalue weighted by molar-refractivity contribution is 8.00. The molecule has 33 heavy (non-hydrogen) atoms. The van der Waals surface area contributed by atoms with Gasteiger partial charge in [0.15, 0.2) is 5.13 Å². The molecule has 0 aliphatic rings. The molecule has 5 aromatic rings. The lowest BCUT2D eigenvalue weighted by molar-refractivity contribution is -0.115. The minimum atomic E-state index is -0.349. The summed E-state index contributed by atoms with van der Waals surface area (Å²) < 4.78 is 0. The largest absolute Gasteiger partial charge is 0.301 e. The van der Waals surface area contributed by atoms with Gasteiger partial charge in [-0.1, -0.05) is 71.9 Å². The van der Waals surface area contributed by atoms with E-state index in [1.165, 1.54) is 28.7 Å². The van der Waals surface area contributed by atoms with Gasteiger partial charge >= 0.3 is 0 Å². The molecule has 1 atom stereocenters. The van der Waals surface area contributed by atoms with Crippen molar-refractivity contribution in [3.63, 3.8) is 0 Å². The maximum absolute atomic E-state index is 12.9. The average Bonchev–Trinajstić information content (AvgIpc) is 3.48. The Hall–Kier alpha value is -3.07. The molecule has 8 heteroatoms. The van der Waals surface area contributed by atoms with E-state index < -0.39 is 0 Å². The predicted octanol–water partition coefficient (Wildman–Crippen LogP) is 6.91. The average molecular weight is 489 g/mol. The summed E-state index contributed by atoms with van der Waals surface area (Å²) in [6.45, 7) is 3.96. The lowest BCUT2D eigenvalue weighted by Crippen LogP contribution is -2.22. The smallest absolute Gasteiger partial charge is 0.239 e. The Labute approximate surface area is 204 Å². The van der Waals surface area contributed by atoms with E-state index in [0.717, 1.165) is 37.6 Å². The third-order valence-corrected chi connectivity index (χ3v) is 7.90. The Morgan fingerprint density at radius 2 is 1.76 bits per heavy atom. The number of amides is 1. The third kappa shape index (κ3) is 4.68. The molecule has 164 valence electrons. The van der Waals surface area contributed by atoms with Gasteiger partial charge in [-0.15, -0.1) is 22.7 Å². The van der Waals surface area contributed by atoms with Gasteiger partial charge in [0.05, 0.1) is 16.3 Å². The van der Waals surface area contributed by atoms with Crippen molar-refractivity contribution >= 4 is 55.7 Å². The maximum Gasteiger partial charge on any atom is 0.239 e. The van der Waals surface area contributed by atoms with Gasteiger partial charge in [0.25, 0.3) is 0 Å². The van der Waals surface area contributed by atoms with E-state index in [-0.39, 0.29) is 11.2 Å². The molecule has 0 fully saturated rings. The SMILES string of the molecule is Cc1ccc(-c2csc3ncnc(SC(C)C(=O)Nc4nc(-c5ccccc5)cs4)c23)cc1. The van der Waals surface area contributed by atoms with E-state index >= 15 is 0 Å². The summed E-state index contributed by atoms with van der Waals surface area (Å²) >= 11 is 4.46. The van der Waals surface area contributed by atoms with Crippen molar-refractivity contribution in [3.05, 3.63) is 77.2 Å². The number of aryl methyl sites for hydroxylation is 1. The molecule has 2 aromatic carbocycles. The molecular formula is C25H20N4OS3. The third-order valence-electron chi connectivity index (χ3n) is 5.16. The van der Waals surface area contributed by atoms with Crippen molar-refractivity contribution in [2.24, 2.45) is 0 Å². The number of aromatic nitrogens is 3. The molecule has 0 radical (unpaired) electrons. The van der Waals surface area contributed by atoms with Gasteiger partial charge < -0.3 is 5.32 Å². The monoisotopic (exact) mass is 488 g/mol. The number of carbonyl (C=O) groups is 1. The second-order valence-corrected chi connectivity index (χ2v) is 10.6. The van der Waals surface area contributed by atoms with E-state index in [1.54, 1.807) is 17.7 Å². The number of rotatable bonds is 6. The van der Waals surface area contributed by atoms with E-state index in [0.29, 0.717) is 5.13 Å². The van der Waals surface area contributed by atoms with Crippen LogP contribution in [0.25, 0.3) is 32.6 Å². The van der Waals surface area contributed by atoms with Crippen LogP contribution in [0.4, 0.5) is 5.13 Å². The zero-order valence-electron chi connectivity index (χ0n) is 18.0. The van der Waals surface area contributed by atoms with E-state index in [4.69, 9.17) is 0 Å². The Balaban J connectivity index is 1.35. The topological polar surface area (TPSA) is 67.8 Å². The number of carbonyl (C=O) groups excluding carboxylic acids is 1. The highest BCUT2D eigenvalue weighted by Crippen LogP contribution is 2.39. The quantitative estimate of drug-likeness (QED) is 0.208. The molecule has 1 N–H and O–H groups in total. The lowest BCUT2D eigenvalue weighted by atomic mass is 10.1. The van der Waals surface area contributed by atoms with Crippen LogP contribution in [0.2, 0.25) is 0 Å². The molecule has 0 saturated carbocycles. The van der Waals surface area contributed by atoms with Crippen molar-refractivity contribution in [1.29, 1.82) is 0 Å². The van der Waals surface area contributed by atoms with Gasteiger partial charge in [-0.3, -0.25) is 4.79 Å². The van der Waals surface area contributed by atoms with Gasteiger partial charge in [0.1, 0.15) is 16.2 Å². The number of hydrogen-bond acceptors (Lipinski definition) is 7. The summed E-state index contributed by atoms with van der Waals surface area (Å²) in [5.74, 6) is -0.104. The molecule has 3 aromatic heterocycles. The Morgan fingerprint density at radius 1 is 0.970 bits per heavy atom. The van der Waals surface area contributed by atoms with Crippen molar-refractivity contribution in [1.82, 2.24) is 15.0 Å². The van der Waals surface area contributed by atoms with Crippen molar-refractivity contribution < 1.29 is 4.79 Å². The number of thiophene rings is 1. The molecule has 1 amide bonds. The molecule has 0 spiro atoms. The number of anilines is 1. The zero-order chi connectivity index (χ0) is 22.8. The zero-order valence-corrected chi connectivity index (χ0v) is 20.4. The van der Waals surface area contributed by atoms with Crippen LogP contribution in [0.5, 0.6) is 0 Å². The molecule has 0 bridgehead atoms. The predicted molar refractivity (Wildman–Crippen MR) is 139 cm³/mol. The fraction of sp³-hybridized carbons (Fsp3) is 0.120. The summed E-state index contributed by atoms with van der Waals surface area (Å²) in [7, 11) is 0. The first-order valence-corrected chi connectivity index (χ1v) is 13.0. The van der Waals surface area contributed by atoms with Gasteiger partial charge in [0.2, 0.25) is 5.91 Å². The summed E-state index contributed by atoms with van der Waals surface area (Å²) in [5.41, 5.74) is 5.32. The molecule has 5 nitrogen and oxygen atoms in total. The number of thiazole rings is 1. The number of thioether (sulfide) groups is 1. The maximum atomic E-state index is 12.9. The fourth-order valence-corrected chi connectivity index (χ4v) is 6.02. The Bertz CT molecular complexity index is 1410. The van der Waals surface area contributed by atoms with Crippen molar-refractivity contribution in [2.75, 3.05) is 5.32 Å². The second kappa shape index (κ2) is 9.43. The van der Waals surface area contributed by atoms with Crippen molar-refractivity contribution in [3.8, 4) is 22.4 Å². The highest BCUT2D eigenvalue weighted by Gasteiger charge is 2.21. The second-order valence-electron chi connectivity index (χ2n) is 7.53. The summed E-state index contributed by atoms with van der Waals surface area (Å²) in [6.07, 6.45) is 1.57. The summed E-state index contributed by atoms with van der Waals surface area (Å²) in [4.78, 5) is 27.4. The minimum Gasteiger partial charge on any atom is -0.301 e. The first-order valence-electron chi connectivity index (χ1n) is 10.4. The van der Waals surface area contributed by atoms with Crippen LogP contribution in [0, 0.1) is 6.92 Å². The molecular weight excluding hydrogens is 469 g/mol. The Kier molecular flexibility index (Phi) is 6.22. The number of hydrogen-bond donors (Lipinski definition) is 1. The molecule has 5 rings (SSSR count). The van der Waals surface area contributed by atoms with E-state index in [9.17, 15) is 4.79 Å². The summed E-state index contributed by atoms with van der Waals surface area (Å²) in [5, 5.41) is 9.07. The van der Waals surface area contributed by atoms with Crippen LogP contribution in [0.3, 0.4) is 0 Å². The van der Waals surface area contributed by atoms with Crippen LogP contribution >= 0.6 is 34.4 Å². The number of benzene rings is 2. The molecule has 3 heterocycles. The summed E-state index contributed by atoms with van der Waals surface area (Å²) in [6, 6.07) is 18.4. The fourth-order valence-electron chi connectivity index (χ4n) is 3.38. The van der Waals surface area contributed by atoms with Gasteiger partial charge in [-0.05, 0) is 19.4 Å². The lowest BCUT2D eigenvalue weighted by Gasteiger charge is -2.11. The van der Waals surface area contributed by atoms with Crippen LogP contribution < -0.4 is 5.32 Å². The van der Waals surface area contributed by atoms with Crippen LogP contribution in [-0.4, -0.2) is 26.1 Å². The molecule has 0 aliphatic carbocycles. The first kappa shape index (κ1) is 21.8. The Morgan fingerprint density at radius 3 is 2.55 bits per heavy atom.